The summed E-state index contributed by atoms with van der Waals surface area (Å²) >= 11 is 0. The summed E-state index contributed by atoms with van der Waals surface area (Å²) in [5.74, 6) is -0.405. The SMILES string of the molecule is Cn1nnc2c1-c1ccccc1CN(C(=O)CCC(=O)NCCO)c1ccccc1-2. The molecule has 8 nitrogen and oxygen atoms in total. The highest BCUT2D eigenvalue weighted by atomic mass is 16.3. The molecule has 2 aromatic carbocycles. The molecule has 0 aliphatic carbocycles. The molecule has 0 spiro atoms. The molecule has 1 aromatic heterocycles. The van der Waals surface area contributed by atoms with E-state index < -0.39 is 0 Å². The Kier molecular flexibility index (Phi) is 5.58. The van der Waals surface area contributed by atoms with E-state index in [2.05, 4.69) is 15.6 Å². The van der Waals surface area contributed by atoms with Crippen LogP contribution >= 0.6 is 0 Å². The number of carbonyl (C=O) groups is 2. The molecule has 0 radical (unpaired) electrons. The first kappa shape index (κ1) is 19.8. The Morgan fingerprint density at radius 2 is 1.80 bits per heavy atom. The molecule has 0 fully saturated rings. The number of para-hydroxylation sites is 1. The van der Waals surface area contributed by atoms with Crippen LogP contribution in [0.25, 0.3) is 22.5 Å². The number of nitrogens with zero attached hydrogens (tertiary/aromatic N) is 4. The van der Waals surface area contributed by atoms with Gasteiger partial charge in [-0.3, -0.25) is 9.59 Å². The number of rotatable bonds is 5. The van der Waals surface area contributed by atoms with E-state index >= 15 is 0 Å². The molecule has 3 aromatic rings. The second-order valence-corrected chi connectivity index (χ2v) is 7.14. The molecular weight excluding hydrogens is 382 g/mol. The molecule has 0 saturated heterocycles. The van der Waals surface area contributed by atoms with E-state index in [1.807, 2.05) is 55.6 Å². The third kappa shape index (κ3) is 3.69. The molecule has 2 amide bonds. The number of aliphatic hydroxyl groups excluding tert-OH is 1. The van der Waals surface area contributed by atoms with Crippen LogP contribution in [0.15, 0.2) is 48.5 Å². The van der Waals surface area contributed by atoms with Crippen molar-refractivity contribution >= 4 is 17.5 Å². The van der Waals surface area contributed by atoms with Gasteiger partial charge in [0.25, 0.3) is 0 Å². The molecule has 1 aliphatic rings. The van der Waals surface area contributed by atoms with Crippen molar-refractivity contribution in [1.82, 2.24) is 20.3 Å². The van der Waals surface area contributed by atoms with Crippen molar-refractivity contribution in [2.75, 3.05) is 18.1 Å². The van der Waals surface area contributed by atoms with Crippen molar-refractivity contribution in [2.24, 2.45) is 7.05 Å². The summed E-state index contributed by atoms with van der Waals surface area (Å²) in [4.78, 5) is 26.8. The number of fused-ring (bicyclic) bond motifs is 5. The quantitative estimate of drug-likeness (QED) is 0.675. The van der Waals surface area contributed by atoms with Gasteiger partial charge in [-0.2, -0.15) is 0 Å². The fourth-order valence-electron chi connectivity index (χ4n) is 3.76. The monoisotopic (exact) mass is 405 g/mol. The third-order valence-electron chi connectivity index (χ3n) is 5.18. The van der Waals surface area contributed by atoms with Crippen LogP contribution in [0, 0.1) is 0 Å². The molecule has 8 heteroatoms. The van der Waals surface area contributed by atoms with Crippen molar-refractivity contribution in [2.45, 2.75) is 19.4 Å². The van der Waals surface area contributed by atoms with E-state index in [4.69, 9.17) is 5.11 Å². The van der Waals surface area contributed by atoms with Gasteiger partial charge in [0.2, 0.25) is 11.8 Å². The van der Waals surface area contributed by atoms with Crippen LogP contribution in [0.3, 0.4) is 0 Å². The highest BCUT2D eigenvalue weighted by Gasteiger charge is 2.28. The standard InChI is InChI=1S/C22H23N5O3/c1-26-22-16-7-3-2-6-15(16)14-27(20(30)11-10-19(29)23-12-13-28)18-9-5-4-8-17(18)21(22)24-25-26/h2-9,28H,10-14H2,1H3,(H,23,29). The van der Waals surface area contributed by atoms with Gasteiger partial charge in [-0.05, 0) is 11.6 Å². The van der Waals surface area contributed by atoms with Crippen LogP contribution in [-0.4, -0.2) is 45.1 Å². The van der Waals surface area contributed by atoms with Crippen molar-refractivity contribution in [3.63, 3.8) is 0 Å². The number of benzene rings is 2. The van der Waals surface area contributed by atoms with Crippen LogP contribution in [0.2, 0.25) is 0 Å². The van der Waals surface area contributed by atoms with Gasteiger partial charge in [-0.15, -0.1) is 5.10 Å². The van der Waals surface area contributed by atoms with E-state index in [1.54, 1.807) is 9.58 Å². The molecular formula is C22H23N5O3. The number of amides is 2. The van der Waals surface area contributed by atoms with Gasteiger partial charge in [0.05, 0.1) is 24.5 Å². The topological polar surface area (TPSA) is 100 Å². The number of hydrogen-bond acceptors (Lipinski definition) is 5. The average molecular weight is 405 g/mol. The summed E-state index contributed by atoms with van der Waals surface area (Å²) in [6, 6.07) is 15.5. The smallest absolute Gasteiger partial charge is 0.227 e. The molecule has 0 atom stereocenters. The lowest BCUT2D eigenvalue weighted by molar-refractivity contribution is -0.125. The zero-order valence-electron chi connectivity index (χ0n) is 16.7. The van der Waals surface area contributed by atoms with E-state index in [9.17, 15) is 9.59 Å². The Bertz CT molecular complexity index is 1090. The Labute approximate surface area is 174 Å². The Morgan fingerprint density at radius 1 is 1.07 bits per heavy atom. The van der Waals surface area contributed by atoms with Gasteiger partial charge in [0, 0.05) is 37.6 Å². The Morgan fingerprint density at radius 3 is 2.60 bits per heavy atom. The van der Waals surface area contributed by atoms with Crippen molar-refractivity contribution in [3.8, 4) is 22.5 Å². The second kappa shape index (κ2) is 8.46. The number of carbonyl (C=O) groups excluding carboxylic acids is 2. The largest absolute Gasteiger partial charge is 0.395 e. The first-order chi connectivity index (χ1) is 14.6. The lowest BCUT2D eigenvalue weighted by Crippen LogP contribution is -2.33. The fourth-order valence-corrected chi connectivity index (χ4v) is 3.76. The van der Waals surface area contributed by atoms with Gasteiger partial charge >= 0.3 is 0 Å². The maximum atomic E-state index is 13.2. The van der Waals surface area contributed by atoms with Crippen LogP contribution < -0.4 is 10.2 Å². The highest BCUT2D eigenvalue weighted by molar-refractivity contribution is 6.01. The molecule has 0 saturated carbocycles. The normalized spacial score (nSPS) is 12.3. The lowest BCUT2D eigenvalue weighted by atomic mass is 9.95. The number of hydrogen-bond donors (Lipinski definition) is 2. The fraction of sp³-hybridized carbons (Fsp3) is 0.273. The molecule has 1 aliphatic heterocycles. The summed E-state index contributed by atoms with van der Waals surface area (Å²) < 4.78 is 1.76. The minimum atomic E-state index is -0.255. The maximum Gasteiger partial charge on any atom is 0.227 e. The van der Waals surface area contributed by atoms with Gasteiger partial charge in [-0.1, -0.05) is 47.7 Å². The first-order valence-electron chi connectivity index (χ1n) is 9.85. The second-order valence-electron chi connectivity index (χ2n) is 7.14. The van der Waals surface area contributed by atoms with E-state index in [0.29, 0.717) is 6.54 Å². The van der Waals surface area contributed by atoms with Gasteiger partial charge in [0.1, 0.15) is 5.69 Å². The minimum absolute atomic E-state index is 0.0650. The molecule has 0 bridgehead atoms. The summed E-state index contributed by atoms with van der Waals surface area (Å²) in [6.07, 6.45) is 0.136. The molecule has 2 N–H and O–H groups in total. The predicted octanol–water partition coefficient (Wildman–Crippen LogP) is 1.88. The zero-order valence-corrected chi connectivity index (χ0v) is 16.7. The number of aromatic nitrogens is 3. The van der Waals surface area contributed by atoms with Gasteiger partial charge in [0.15, 0.2) is 0 Å². The molecule has 2 heterocycles. The van der Waals surface area contributed by atoms with Crippen molar-refractivity contribution < 1.29 is 14.7 Å². The highest BCUT2D eigenvalue weighted by Crippen LogP contribution is 2.40. The molecule has 0 unspecified atom stereocenters. The summed E-state index contributed by atoms with van der Waals surface area (Å²) in [5, 5.41) is 20.0. The Balaban J connectivity index is 1.74. The van der Waals surface area contributed by atoms with Gasteiger partial charge < -0.3 is 15.3 Å². The van der Waals surface area contributed by atoms with Crippen molar-refractivity contribution in [3.05, 3.63) is 54.1 Å². The van der Waals surface area contributed by atoms with Crippen molar-refractivity contribution in [1.29, 1.82) is 0 Å². The molecule has 30 heavy (non-hydrogen) atoms. The summed E-state index contributed by atoms with van der Waals surface area (Å²) in [7, 11) is 1.86. The van der Waals surface area contributed by atoms with E-state index in [-0.39, 0.29) is 37.8 Å². The number of aliphatic hydroxyl groups is 1. The summed E-state index contributed by atoms with van der Waals surface area (Å²) in [6.45, 7) is 0.438. The average Bonchev–Trinajstić information content (AvgIpc) is 3.14. The maximum absolute atomic E-state index is 13.2. The Hall–Kier alpha value is -3.52. The van der Waals surface area contributed by atoms with E-state index in [0.717, 1.165) is 33.8 Å². The van der Waals surface area contributed by atoms with Crippen LogP contribution in [0.5, 0.6) is 0 Å². The molecule has 4 rings (SSSR count). The van der Waals surface area contributed by atoms with Crippen LogP contribution in [-0.2, 0) is 23.2 Å². The van der Waals surface area contributed by atoms with E-state index in [1.165, 1.54) is 0 Å². The number of aryl methyl sites for hydroxylation is 1. The number of anilines is 1. The number of nitrogens with one attached hydrogen (secondary N) is 1. The third-order valence-corrected chi connectivity index (χ3v) is 5.18. The van der Waals surface area contributed by atoms with Crippen LogP contribution in [0.4, 0.5) is 5.69 Å². The first-order valence-corrected chi connectivity index (χ1v) is 9.85. The minimum Gasteiger partial charge on any atom is -0.395 e. The lowest BCUT2D eigenvalue weighted by Gasteiger charge is -2.28. The van der Waals surface area contributed by atoms with Gasteiger partial charge in [-0.25, -0.2) is 4.68 Å². The van der Waals surface area contributed by atoms with Crippen LogP contribution in [0.1, 0.15) is 18.4 Å². The zero-order chi connectivity index (χ0) is 21.1. The predicted molar refractivity (Wildman–Crippen MR) is 112 cm³/mol. The molecule has 154 valence electrons. The summed E-state index contributed by atoms with van der Waals surface area (Å²) in [5.41, 5.74) is 5.17.